The third-order valence-corrected chi connectivity index (χ3v) is 4.61. The third kappa shape index (κ3) is 3.52. The molecule has 0 radical (unpaired) electrons. The minimum absolute atomic E-state index is 0.369. The maximum absolute atomic E-state index is 13.1. The Kier molecular flexibility index (Phi) is 5.02. The number of carboxylic acid groups (broad SMARTS) is 1. The fourth-order valence-corrected chi connectivity index (χ4v) is 3.34. The number of benzene rings is 2. The lowest BCUT2D eigenvalue weighted by atomic mass is 10.0. The van der Waals surface area contributed by atoms with Gasteiger partial charge in [-0.05, 0) is 29.8 Å². The largest absolute Gasteiger partial charge is 0.480 e. The van der Waals surface area contributed by atoms with E-state index in [0.717, 1.165) is 5.69 Å². The predicted octanol–water partition coefficient (Wildman–Crippen LogP) is 3.43. The van der Waals surface area contributed by atoms with Gasteiger partial charge in [0.05, 0.1) is 10.7 Å². The summed E-state index contributed by atoms with van der Waals surface area (Å²) in [5, 5.41) is 10.3. The molecule has 0 aliphatic carbocycles. The number of hydrogen-bond donors (Lipinski definition) is 1. The van der Waals surface area contributed by atoms with Gasteiger partial charge in [0.25, 0.3) is 0 Å². The van der Waals surface area contributed by atoms with Crippen LogP contribution in [0.15, 0.2) is 48.5 Å². The summed E-state index contributed by atoms with van der Waals surface area (Å²) in [6.07, 6.45) is 0. The summed E-state index contributed by atoms with van der Waals surface area (Å²) < 4.78 is 13.1. The lowest BCUT2D eigenvalue weighted by molar-refractivity contribution is -0.143. The summed E-state index contributed by atoms with van der Waals surface area (Å²) in [7, 11) is 0. The molecule has 0 aromatic heterocycles. The summed E-state index contributed by atoms with van der Waals surface area (Å²) in [6, 6.07) is 12.5. The maximum atomic E-state index is 13.1. The normalized spacial score (nSPS) is 16.8. The molecule has 1 heterocycles. The van der Waals surface area contributed by atoms with Gasteiger partial charge >= 0.3 is 5.97 Å². The predicted molar refractivity (Wildman–Crippen MR) is 92.0 cm³/mol. The summed E-state index contributed by atoms with van der Waals surface area (Å²) in [5.74, 6) is -1.29. The van der Waals surface area contributed by atoms with E-state index in [1.165, 1.54) is 24.3 Å². The molecule has 1 saturated heterocycles. The van der Waals surface area contributed by atoms with Gasteiger partial charge < -0.3 is 10.0 Å². The molecule has 0 amide bonds. The molecule has 24 heavy (non-hydrogen) atoms. The smallest absolute Gasteiger partial charge is 0.325 e. The van der Waals surface area contributed by atoms with Gasteiger partial charge in [-0.1, -0.05) is 35.9 Å². The molecule has 6 heteroatoms. The topological polar surface area (TPSA) is 43.8 Å². The minimum atomic E-state index is -0.923. The van der Waals surface area contributed by atoms with E-state index < -0.39 is 12.0 Å². The van der Waals surface area contributed by atoms with E-state index >= 15 is 0 Å². The highest BCUT2D eigenvalue weighted by Crippen LogP contribution is 2.28. The number of halogens is 2. The molecule has 0 spiro atoms. The maximum Gasteiger partial charge on any atom is 0.325 e. The molecule has 0 bridgehead atoms. The first-order valence-corrected chi connectivity index (χ1v) is 8.16. The van der Waals surface area contributed by atoms with Crippen molar-refractivity contribution in [1.29, 1.82) is 0 Å². The van der Waals surface area contributed by atoms with Gasteiger partial charge in [-0.2, -0.15) is 0 Å². The number of piperazine rings is 1. The van der Waals surface area contributed by atoms with Gasteiger partial charge in [-0.3, -0.25) is 9.69 Å². The van der Waals surface area contributed by atoms with Crippen LogP contribution < -0.4 is 4.90 Å². The molecule has 3 rings (SSSR count). The Labute approximate surface area is 145 Å². The highest BCUT2D eigenvalue weighted by Gasteiger charge is 2.30. The summed E-state index contributed by atoms with van der Waals surface area (Å²) >= 11 is 6.23. The summed E-state index contributed by atoms with van der Waals surface area (Å²) in [6.45, 7) is 2.57. The molecule has 1 aliphatic rings. The Morgan fingerprint density at radius 2 is 1.67 bits per heavy atom. The molecule has 1 fully saturated rings. The highest BCUT2D eigenvalue weighted by molar-refractivity contribution is 6.33. The second-order valence-corrected chi connectivity index (χ2v) is 6.17. The summed E-state index contributed by atoms with van der Waals surface area (Å²) in [4.78, 5) is 15.8. The van der Waals surface area contributed by atoms with Gasteiger partial charge in [0.2, 0.25) is 0 Å². The zero-order valence-electron chi connectivity index (χ0n) is 13.0. The number of aliphatic carboxylic acids is 1. The monoisotopic (exact) mass is 348 g/mol. The van der Waals surface area contributed by atoms with E-state index in [2.05, 4.69) is 4.90 Å². The number of hydrogen-bond acceptors (Lipinski definition) is 3. The third-order valence-electron chi connectivity index (χ3n) is 4.29. The van der Waals surface area contributed by atoms with Crippen LogP contribution in [0.5, 0.6) is 0 Å². The molecule has 2 aromatic carbocycles. The average Bonchev–Trinajstić information content (AvgIpc) is 2.58. The van der Waals surface area contributed by atoms with Crippen LogP contribution in [0.3, 0.4) is 0 Å². The van der Waals surface area contributed by atoms with E-state index in [0.29, 0.717) is 36.8 Å². The van der Waals surface area contributed by atoms with E-state index in [1.54, 1.807) is 0 Å². The van der Waals surface area contributed by atoms with Crippen LogP contribution >= 0.6 is 11.6 Å². The molecule has 2 aromatic rings. The molecule has 1 unspecified atom stereocenters. The van der Waals surface area contributed by atoms with Crippen LogP contribution in [-0.2, 0) is 4.79 Å². The minimum Gasteiger partial charge on any atom is -0.480 e. The molecular formula is C18H18ClFN2O2. The number of carbonyl (C=O) groups is 1. The Morgan fingerprint density at radius 3 is 2.25 bits per heavy atom. The molecule has 126 valence electrons. The van der Waals surface area contributed by atoms with Gasteiger partial charge in [-0.25, -0.2) is 4.39 Å². The first-order valence-electron chi connectivity index (χ1n) is 7.78. The van der Waals surface area contributed by atoms with Crippen molar-refractivity contribution in [1.82, 2.24) is 4.90 Å². The molecule has 1 atom stereocenters. The molecule has 4 nitrogen and oxygen atoms in total. The van der Waals surface area contributed by atoms with Crippen molar-refractivity contribution < 1.29 is 14.3 Å². The Bertz CT molecular complexity index is 715. The molecule has 0 saturated carbocycles. The number of para-hydroxylation sites is 1. The van der Waals surface area contributed by atoms with Crippen molar-refractivity contribution in [3.8, 4) is 0 Å². The standard InChI is InChI=1S/C18H18ClFN2O2/c19-15-3-1-2-4-16(15)21-9-11-22(12-10-21)17(18(23)24)13-5-7-14(20)8-6-13/h1-8,17H,9-12H2,(H,23,24). The number of carboxylic acids is 1. The van der Waals surface area contributed by atoms with Crippen LogP contribution in [0.2, 0.25) is 5.02 Å². The Balaban J connectivity index is 1.73. The van der Waals surface area contributed by atoms with Gasteiger partial charge in [0, 0.05) is 26.2 Å². The van der Waals surface area contributed by atoms with Crippen LogP contribution in [0, 0.1) is 5.82 Å². The highest BCUT2D eigenvalue weighted by atomic mass is 35.5. The van der Waals surface area contributed by atoms with Crippen molar-refractivity contribution in [2.24, 2.45) is 0 Å². The first kappa shape index (κ1) is 16.7. The number of anilines is 1. The first-order chi connectivity index (χ1) is 11.6. The van der Waals surface area contributed by atoms with Crippen molar-refractivity contribution >= 4 is 23.3 Å². The Morgan fingerprint density at radius 1 is 1.04 bits per heavy atom. The van der Waals surface area contributed by atoms with Crippen LogP contribution in [-0.4, -0.2) is 42.2 Å². The zero-order valence-corrected chi connectivity index (χ0v) is 13.8. The van der Waals surface area contributed by atoms with Crippen LogP contribution in [0.25, 0.3) is 0 Å². The van der Waals surface area contributed by atoms with E-state index in [1.807, 2.05) is 29.2 Å². The van der Waals surface area contributed by atoms with Crippen LogP contribution in [0.1, 0.15) is 11.6 Å². The SMILES string of the molecule is O=C(O)C(c1ccc(F)cc1)N1CCN(c2ccccc2Cl)CC1. The molecular weight excluding hydrogens is 331 g/mol. The zero-order chi connectivity index (χ0) is 17.1. The van der Waals surface area contributed by atoms with Gasteiger partial charge in [0.1, 0.15) is 11.9 Å². The van der Waals surface area contributed by atoms with E-state index in [9.17, 15) is 14.3 Å². The van der Waals surface area contributed by atoms with Crippen molar-refractivity contribution in [3.05, 3.63) is 64.9 Å². The second kappa shape index (κ2) is 7.20. The fourth-order valence-electron chi connectivity index (χ4n) is 3.08. The van der Waals surface area contributed by atoms with E-state index in [-0.39, 0.29) is 5.82 Å². The van der Waals surface area contributed by atoms with E-state index in [4.69, 9.17) is 11.6 Å². The molecule has 1 aliphatic heterocycles. The fraction of sp³-hybridized carbons (Fsp3) is 0.278. The second-order valence-electron chi connectivity index (χ2n) is 5.77. The summed E-state index contributed by atoms with van der Waals surface area (Å²) in [5.41, 5.74) is 1.56. The van der Waals surface area contributed by atoms with Crippen molar-refractivity contribution in [2.45, 2.75) is 6.04 Å². The van der Waals surface area contributed by atoms with Crippen LogP contribution in [0.4, 0.5) is 10.1 Å². The quantitative estimate of drug-likeness (QED) is 0.919. The van der Waals surface area contributed by atoms with Crippen molar-refractivity contribution in [2.75, 3.05) is 31.1 Å². The number of rotatable bonds is 4. The lowest BCUT2D eigenvalue weighted by Crippen LogP contribution is -2.49. The number of nitrogens with zero attached hydrogens (tertiary/aromatic N) is 2. The average molecular weight is 349 g/mol. The Hall–Kier alpha value is -2.11. The molecule has 1 N–H and O–H groups in total. The van der Waals surface area contributed by atoms with Gasteiger partial charge in [-0.15, -0.1) is 0 Å². The van der Waals surface area contributed by atoms with Gasteiger partial charge in [0.15, 0.2) is 0 Å². The lowest BCUT2D eigenvalue weighted by Gasteiger charge is -2.39. The van der Waals surface area contributed by atoms with Crippen molar-refractivity contribution in [3.63, 3.8) is 0 Å².